The Hall–Kier alpha value is -0.820. The van der Waals surface area contributed by atoms with Gasteiger partial charge in [0.1, 0.15) is 0 Å². The first kappa shape index (κ1) is 10.7. The van der Waals surface area contributed by atoms with Crippen molar-refractivity contribution in [2.75, 3.05) is 0 Å². The van der Waals surface area contributed by atoms with Crippen molar-refractivity contribution in [3.8, 4) is 0 Å². The van der Waals surface area contributed by atoms with E-state index in [1.807, 2.05) is 0 Å². The smallest absolute Gasteiger partial charge is 0.0134 e. The maximum absolute atomic E-state index is 6.35. The summed E-state index contributed by atoms with van der Waals surface area (Å²) in [6.45, 7) is 2.20. The van der Waals surface area contributed by atoms with Crippen LogP contribution in [0.15, 0.2) is 30.3 Å². The van der Waals surface area contributed by atoms with Crippen LogP contribution in [0.25, 0.3) is 0 Å². The van der Waals surface area contributed by atoms with Crippen molar-refractivity contribution in [3.63, 3.8) is 0 Å². The fraction of sp³-hybridized carbons (Fsp3) is 0.571. The van der Waals surface area contributed by atoms with Gasteiger partial charge in [-0.3, -0.25) is 0 Å². The molecule has 1 saturated carbocycles. The van der Waals surface area contributed by atoms with Crippen LogP contribution in [-0.2, 0) is 5.41 Å². The Balaban J connectivity index is 2.35. The minimum atomic E-state index is 0.274. The minimum Gasteiger partial charge on any atom is -0.327 e. The zero-order chi connectivity index (χ0) is 10.7. The van der Waals surface area contributed by atoms with E-state index in [1.165, 1.54) is 31.2 Å². The summed E-state index contributed by atoms with van der Waals surface area (Å²) >= 11 is 0. The Bertz CT molecular complexity index is 298. The zero-order valence-corrected chi connectivity index (χ0v) is 9.58. The lowest BCUT2D eigenvalue weighted by atomic mass is 9.72. The summed E-state index contributed by atoms with van der Waals surface area (Å²) in [6, 6.07) is 11.2. The number of hydrogen-bond acceptors (Lipinski definition) is 1. The monoisotopic (exact) mass is 203 g/mol. The van der Waals surface area contributed by atoms with Gasteiger partial charge in [-0.15, -0.1) is 0 Å². The minimum absolute atomic E-state index is 0.274. The molecule has 1 aliphatic carbocycles. The molecule has 1 nitrogen and oxygen atoms in total. The highest BCUT2D eigenvalue weighted by atomic mass is 14.7. The number of hydrogen-bond donors (Lipinski definition) is 1. The normalized spacial score (nSPS) is 21.5. The molecule has 1 aromatic carbocycles. The fourth-order valence-corrected chi connectivity index (χ4v) is 3.04. The second kappa shape index (κ2) is 4.36. The Morgan fingerprint density at radius 1 is 1.20 bits per heavy atom. The fourth-order valence-electron chi connectivity index (χ4n) is 3.04. The second-order valence-corrected chi connectivity index (χ2v) is 4.74. The molecule has 0 heterocycles. The second-order valence-electron chi connectivity index (χ2n) is 4.74. The van der Waals surface area contributed by atoms with Gasteiger partial charge in [-0.25, -0.2) is 0 Å². The first-order valence-electron chi connectivity index (χ1n) is 6.11. The van der Waals surface area contributed by atoms with E-state index >= 15 is 0 Å². The van der Waals surface area contributed by atoms with E-state index in [9.17, 15) is 0 Å². The van der Waals surface area contributed by atoms with E-state index in [4.69, 9.17) is 5.73 Å². The van der Waals surface area contributed by atoms with Crippen LogP contribution in [0.3, 0.4) is 0 Å². The third-order valence-corrected chi connectivity index (χ3v) is 3.99. The Labute approximate surface area is 92.7 Å². The molecule has 15 heavy (non-hydrogen) atoms. The van der Waals surface area contributed by atoms with E-state index in [2.05, 4.69) is 37.3 Å². The largest absolute Gasteiger partial charge is 0.327 e. The van der Waals surface area contributed by atoms with Gasteiger partial charge in [-0.05, 0) is 24.8 Å². The lowest BCUT2D eigenvalue weighted by Gasteiger charge is -2.35. The third kappa shape index (κ3) is 1.81. The average molecular weight is 203 g/mol. The molecule has 0 saturated heterocycles. The molecule has 0 bridgehead atoms. The van der Waals surface area contributed by atoms with Crippen molar-refractivity contribution < 1.29 is 0 Å². The van der Waals surface area contributed by atoms with Crippen LogP contribution in [-0.4, -0.2) is 6.04 Å². The first-order valence-corrected chi connectivity index (χ1v) is 6.11. The van der Waals surface area contributed by atoms with Gasteiger partial charge in [-0.1, -0.05) is 50.1 Å². The van der Waals surface area contributed by atoms with Gasteiger partial charge in [0.15, 0.2) is 0 Å². The molecule has 2 N–H and O–H groups in total. The highest BCUT2D eigenvalue weighted by Crippen LogP contribution is 2.43. The van der Waals surface area contributed by atoms with Gasteiger partial charge < -0.3 is 5.73 Å². The van der Waals surface area contributed by atoms with Crippen LogP contribution >= 0.6 is 0 Å². The van der Waals surface area contributed by atoms with Gasteiger partial charge in [0.2, 0.25) is 0 Å². The highest BCUT2D eigenvalue weighted by molar-refractivity contribution is 5.28. The van der Waals surface area contributed by atoms with Crippen molar-refractivity contribution in [1.29, 1.82) is 0 Å². The number of nitrogens with two attached hydrogens (primary N) is 1. The average Bonchev–Trinajstić information content (AvgIpc) is 2.79. The predicted molar refractivity (Wildman–Crippen MR) is 64.9 cm³/mol. The molecule has 82 valence electrons. The van der Waals surface area contributed by atoms with Gasteiger partial charge in [0.25, 0.3) is 0 Å². The molecule has 1 fully saturated rings. The summed E-state index contributed by atoms with van der Waals surface area (Å²) in [4.78, 5) is 0. The molecule has 0 radical (unpaired) electrons. The van der Waals surface area contributed by atoms with Crippen LogP contribution in [0.2, 0.25) is 0 Å². The van der Waals surface area contributed by atoms with E-state index in [-0.39, 0.29) is 5.41 Å². The van der Waals surface area contributed by atoms with Crippen molar-refractivity contribution in [2.45, 2.75) is 50.5 Å². The molecule has 0 amide bonds. The van der Waals surface area contributed by atoms with E-state index in [0.717, 1.165) is 6.42 Å². The summed E-state index contributed by atoms with van der Waals surface area (Å²) in [6.07, 6.45) is 6.29. The molecule has 1 heteroatoms. The molecule has 1 aliphatic rings. The number of benzene rings is 1. The van der Waals surface area contributed by atoms with Gasteiger partial charge >= 0.3 is 0 Å². The van der Waals surface area contributed by atoms with Crippen molar-refractivity contribution in [2.24, 2.45) is 5.73 Å². The lowest BCUT2D eigenvalue weighted by molar-refractivity contribution is 0.342. The summed E-state index contributed by atoms with van der Waals surface area (Å²) in [7, 11) is 0. The number of rotatable bonds is 3. The zero-order valence-electron chi connectivity index (χ0n) is 9.58. The van der Waals surface area contributed by atoms with E-state index < -0.39 is 0 Å². The Kier molecular flexibility index (Phi) is 3.11. The van der Waals surface area contributed by atoms with E-state index in [0.29, 0.717) is 6.04 Å². The molecule has 1 atom stereocenters. The molecule has 0 aliphatic heterocycles. The predicted octanol–water partition coefficient (Wildman–Crippen LogP) is 3.24. The molecule has 0 unspecified atom stereocenters. The maximum Gasteiger partial charge on any atom is 0.0134 e. The topological polar surface area (TPSA) is 26.0 Å². The Morgan fingerprint density at radius 3 is 2.33 bits per heavy atom. The first-order chi connectivity index (χ1) is 7.29. The van der Waals surface area contributed by atoms with Gasteiger partial charge in [0, 0.05) is 11.5 Å². The van der Waals surface area contributed by atoms with Crippen molar-refractivity contribution >= 4 is 0 Å². The highest BCUT2D eigenvalue weighted by Gasteiger charge is 2.39. The molecule has 1 aromatic rings. The maximum atomic E-state index is 6.35. The molecule has 0 aromatic heterocycles. The lowest BCUT2D eigenvalue weighted by Crippen LogP contribution is -2.43. The van der Waals surface area contributed by atoms with Crippen molar-refractivity contribution in [3.05, 3.63) is 35.9 Å². The molecular weight excluding hydrogens is 182 g/mol. The molecular formula is C14H21N. The molecule has 0 spiro atoms. The SMILES string of the molecule is CC[C@H](N)C1(c2ccccc2)CCCC1. The quantitative estimate of drug-likeness (QED) is 0.802. The summed E-state index contributed by atoms with van der Waals surface area (Å²) < 4.78 is 0. The van der Waals surface area contributed by atoms with Crippen molar-refractivity contribution in [1.82, 2.24) is 0 Å². The third-order valence-electron chi connectivity index (χ3n) is 3.99. The standard InChI is InChI=1S/C14H21N/c1-2-13(15)14(10-6-7-11-14)12-8-4-3-5-9-12/h3-5,8-9,13H,2,6-7,10-11,15H2,1H3/t13-/m0/s1. The summed E-state index contributed by atoms with van der Waals surface area (Å²) in [5, 5.41) is 0. The van der Waals surface area contributed by atoms with Gasteiger partial charge in [0.05, 0.1) is 0 Å². The van der Waals surface area contributed by atoms with Crippen LogP contribution in [0.4, 0.5) is 0 Å². The van der Waals surface area contributed by atoms with Crippen LogP contribution < -0.4 is 5.73 Å². The van der Waals surface area contributed by atoms with Gasteiger partial charge in [-0.2, -0.15) is 0 Å². The van der Waals surface area contributed by atoms with Crippen LogP contribution in [0, 0.1) is 0 Å². The van der Waals surface area contributed by atoms with Crippen LogP contribution in [0.1, 0.15) is 44.6 Å². The Morgan fingerprint density at radius 2 is 1.80 bits per heavy atom. The van der Waals surface area contributed by atoms with Crippen LogP contribution in [0.5, 0.6) is 0 Å². The van der Waals surface area contributed by atoms with E-state index in [1.54, 1.807) is 0 Å². The molecule has 2 rings (SSSR count). The summed E-state index contributed by atoms with van der Waals surface area (Å²) in [5.41, 5.74) is 8.07. The summed E-state index contributed by atoms with van der Waals surface area (Å²) in [5.74, 6) is 0.